The number of nitrogens with zero attached hydrogens (tertiary/aromatic N) is 3. The molecule has 1 unspecified atom stereocenters. The lowest BCUT2D eigenvalue weighted by Gasteiger charge is -2.26. The Bertz CT molecular complexity index is 1070. The van der Waals surface area contributed by atoms with E-state index < -0.39 is 11.8 Å². The van der Waals surface area contributed by atoms with Crippen LogP contribution < -0.4 is 16.6 Å². The maximum Gasteiger partial charge on any atom is 0.341 e. The normalized spacial score (nSPS) is 22.9. The van der Waals surface area contributed by atoms with Crippen molar-refractivity contribution in [1.82, 2.24) is 19.9 Å². The number of fused-ring (bicyclic) bond motifs is 1. The second-order valence-electron chi connectivity index (χ2n) is 7.11. The van der Waals surface area contributed by atoms with E-state index in [4.69, 9.17) is 5.73 Å². The van der Waals surface area contributed by atoms with Crippen LogP contribution in [0.1, 0.15) is 43.0 Å². The first-order valence-electron chi connectivity index (χ1n) is 9.13. The predicted molar refractivity (Wildman–Crippen MR) is 102 cm³/mol. The fourth-order valence-electron chi connectivity index (χ4n) is 3.90. The third-order valence-electron chi connectivity index (χ3n) is 5.38. The minimum atomic E-state index is -2.74. The zero-order chi connectivity index (χ0) is 20.1. The number of aromatic nitrogens is 3. The highest BCUT2D eigenvalue weighted by Gasteiger charge is 2.37. The number of rotatable bonds is 3. The smallest absolute Gasteiger partial charge is 0.341 e. The highest BCUT2D eigenvalue weighted by molar-refractivity contribution is 5.85. The topological polar surface area (TPSA) is 95.1 Å². The SMILES string of the molecule is COC1(F)NC=C(c2cc3c(C)nc(N)nc3n(C3CCCC3)c2=O)C=C1F. The summed E-state index contributed by atoms with van der Waals surface area (Å²) in [6.07, 6.45) is 5.93. The first-order valence-corrected chi connectivity index (χ1v) is 9.13. The summed E-state index contributed by atoms with van der Waals surface area (Å²) in [5.74, 6) is -3.81. The van der Waals surface area contributed by atoms with Gasteiger partial charge in [-0.2, -0.15) is 9.37 Å². The number of aryl methyl sites for hydroxylation is 1. The van der Waals surface area contributed by atoms with Crippen LogP contribution in [0.2, 0.25) is 0 Å². The van der Waals surface area contributed by atoms with Gasteiger partial charge in [-0.25, -0.2) is 9.37 Å². The Morgan fingerprint density at radius 1 is 1.36 bits per heavy atom. The molecule has 3 N–H and O–H groups in total. The third-order valence-corrected chi connectivity index (χ3v) is 5.38. The largest absolute Gasteiger partial charge is 0.368 e. The van der Waals surface area contributed by atoms with Crippen LogP contribution in [0.5, 0.6) is 0 Å². The lowest BCUT2D eigenvalue weighted by Crippen LogP contribution is -2.42. The fourth-order valence-corrected chi connectivity index (χ4v) is 3.90. The van der Waals surface area contributed by atoms with E-state index in [2.05, 4.69) is 20.0 Å². The lowest BCUT2D eigenvalue weighted by molar-refractivity contribution is -0.121. The molecule has 2 aromatic rings. The van der Waals surface area contributed by atoms with Crippen LogP contribution in [0.15, 0.2) is 29.0 Å². The minimum Gasteiger partial charge on any atom is -0.368 e. The summed E-state index contributed by atoms with van der Waals surface area (Å²) < 4.78 is 34.6. The molecule has 1 fully saturated rings. The number of halogens is 2. The molecule has 0 aromatic carbocycles. The number of hydrogen-bond donors (Lipinski definition) is 2. The van der Waals surface area contributed by atoms with Crippen molar-refractivity contribution in [2.45, 2.75) is 44.6 Å². The van der Waals surface area contributed by atoms with Gasteiger partial charge in [0.1, 0.15) is 5.65 Å². The van der Waals surface area contributed by atoms with E-state index in [-0.39, 0.29) is 28.7 Å². The van der Waals surface area contributed by atoms with Crippen molar-refractivity contribution in [2.75, 3.05) is 12.8 Å². The zero-order valence-corrected chi connectivity index (χ0v) is 15.6. The molecule has 2 aliphatic rings. The van der Waals surface area contributed by atoms with Gasteiger partial charge in [-0.15, -0.1) is 0 Å². The lowest BCUT2D eigenvalue weighted by atomic mass is 10.0. The quantitative estimate of drug-likeness (QED) is 0.784. The molecule has 1 saturated carbocycles. The minimum absolute atomic E-state index is 0.0196. The number of nitrogens with one attached hydrogen (secondary N) is 1. The standard InChI is InChI=1S/C19H21F2N5O2/c1-10-13-8-14(11-7-15(20)19(21,28-2)23-9-11)17(27)26(12-5-3-4-6-12)16(13)25-18(22)24-10/h7-9,12,23H,3-6H2,1-2H3,(H2,22,24,25). The first kappa shape index (κ1) is 18.5. The Morgan fingerprint density at radius 2 is 2.07 bits per heavy atom. The summed E-state index contributed by atoms with van der Waals surface area (Å²) in [4.78, 5) is 21.8. The van der Waals surface area contributed by atoms with Crippen molar-refractivity contribution >= 4 is 22.6 Å². The predicted octanol–water partition coefficient (Wildman–Crippen LogP) is 2.86. The Labute approximate surface area is 159 Å². The Hall–Kier alpha value is -2.81. The van der Waals surface area contributed by atoms with Gasteiger partial charge in [-0.05, 0) is 31.9 Å². The number of dihydropyridines is 1. The van der Waals surface area contributed by atoms with Crippen LogP contribution in [-0.2, 0) is 4.74 Å². The van der Waals surface area contributed by atoms with Crippen molar-refractivity contribution in [3.8, 4) is 0 Å². The molecule has 9 heteroatoms. The Morgan fingerprint density at radius 3 is 2.71 bits per heavy atom. The molecule has 3 heterocycles. The van der Waals surface area contributed by atoms with Gasteiger partial charge in [0.25, 0.3) is 5.56 Å². The summed E-state index contributed by atoms with van der Waals surface area (Å²) in [5, 5.41) is 2.89. The molecule has 0 amide bonds. The summed E-state index contributed by atoms with van der Waals surface area (Å²) in [6, 6.07) is 1.58. The maximum absolute atomic E-state index is 14.3. The average Bonchev–Trinajstić information content (AvgIpc) is 3.18. The van der Waals surface area contributed by atoms with Crippen LogP contribution in [0, 0.1) is 6.92 Å². The van der Waals surface area contributed by atoms with Crippen LogP contribution in [0.4, 0.5) is 14.7 Å². The van der Waals surface area contributed by atoms with Gasteiger partial charge in [0, 0.05) is 35.9 Å². The van der Waals surface area contributed by atoms with Crippen molar-refractivity contribution in [3.63, 3.8) is 0 Å². The van der Waals surface area contributed by atoms with E-state index in [0.717, 1.165) is 38.9 Å². The molecule has 1 aliphatic carbocycles. The molecule has 4 rings (SSSR count). The molecule has 2 aromatic heterocycles. The van der Waals surface area contributed by atoms with Gasteiger partial charge < -0.3 is 15.8 Å². The van der Waals surface area contributed by atoms with Gasteiger partial charge in [0.05, 0.1) is 5.69 Å². The molecular weight excluding hydrogens is 368 g/mol. The van der Waals surface area contributed by atoms with Crippen LogP contribution in [-0.4, -0.2) is 27.6 Å². The molecule has 0 saturated heterocycles. The number of methoxy groups -OCH3 is 1. The second kappa shape index (κ2) is 6.66. The van der Waals surface area contributed by atoms with Crippen LogP contribution in [0.25, 0.3) is 16.6 Å². The highest BCUT2D eigenvalue weighted by atomic mass is 19.2. The molecular formula is C19H21F2N5O2. The molecule has 148 valence electrons. The van der Waals surface area contributed by atoms with Gasteiger partial charge in [-0.3, -0.25) is 9.36 Å². The Balaban J connectivity index is 1.96. The average molecular weight is 389 g/mol. The van der Waals surface area contributed by atoms with Crippen LogP contribution >= 0.6 is 0 Å². The highest BCUT2D eigenvalue weighted by Crippen LogP contribution is 2.34. The second-order valence-corrected chi connectivity index (χ2v) is 7.11. The molecule has 28 heavy (non-hydrogen) atoms. The summed E-state index contributed by atoms with van der Waals surface area (Å²) in [7, 11) is 1.05. The van der Waals surface area contributed by atoms with E-state index in [1.54, 1.807) is 17.6 Å². The maximum atomic E-state index is 14.3. The number of hydrogen-bond acceptors (Lipinski definition) is 6. The zero-order valence-electron chi connectivity index (χ0n) is 15.6. The van der Waals surface area contributed by atoms with E-state index in [1.165, 1.54) is 6.20 Å². The van der Waals surface area contributed by atoms with Crippen LogP contribution in [0.3, 0.4) is 0 Å². The number of anilines is 1. The van der Waals surface area contributed by atoms with Gasteiger partial charge in [0.15, 0.2) is 5.83 Å². The van der Waals surface area contributed by atoms with E-state index in [1.807, 2.05) is 0 Å². The molecule has 0 bridgehead atoms. The number of allylic oxidation sites excluding steroid dienone is 2. The number of nitrogen functional groups attached to an aromatic ring is 1. The Kier molecular flexibility index (Phi) is 4.41. The summed E-state index contributed by atoms with van der Waals surface area (Å²) in [6.45, 7) is 1.77. The van der Waals surface area contributed by atoms with Crippen molar-refractivity contribution in [1.29, 1.82) is 0 Å². The molecule has 1 aliphatic heterocycles. The van der Waals surface area contributed by atoms with Crippen molar-refractivity contribution < 1.29 is 13.5 Å². The fraction of sp³-hybridized carbons (Fsp3) is 0.421. The number of pyridine rings is 1. The van der Waals surface area contributed by atoms with Gasteiger partial charge in [0.2, 0.25) is 5.95 Å². The molecule has 0 radical (unpaired) electrons. The molecule has 0 spiro atoms. The van der Waals surface area contributed by atoms with Gasteiger partial charge in [-0.1, -0.05) is 12.8 Å². The monoisotopic (exact) mass is 389 g/mol. The third kappa shape index (κ3) is 2.86. The van der Waals surface area contributed by atoms with E-state index in [0.29, 0.717) is 16.7 Å². The van der Waals surface area contributed by atoms with Crippen molar-refractivity contribution in [3.05, 3.63) is 45.8 Å². The summed E-state index contributed by atoms with van der Waals surface area (Å²) >= 11 is 0. The number of nitrogens with two attached hydrogens (primary N) is 1. The molecule has 7 nitrogen and oxygen atoms in total. The van der Waals surface area contributed by atoms with E-state index >= 15 is 0 Å². The van der Waals surface area contributed by atoms with E-state index in [9.17, 15) is 13.6 Å². The molecule has 1 atom stereocenters. The van der Waals surface area contributed by atoms with Gasteiger partial charge >= 0.3 is 5.98 Å². The summed E-state index contributed by atoms with van der Waals surface area (Å²) in [5.41, 5.74) is 7.03. The number of ether oxygens (including phenoxy) is 1. The number of alkyl halides is 1. The first-order chi connectivity index (χ1) is 13.3. The van der Waals surface area contributed by atoms with Crippen molar-refractivity contribution in [2.24, 2.45) is 0 Å².